The average molecular weight is 537 g/mol. The third-order valence-corrected chi connectivity index (χ3v) is 6.36. The molecule has 0 aliphatic carbocycles. The first-order chi connectivity index (χ1) is 18.3. The van der Waals surface area contributed by atoms with Crippen LogP contribution in [0.2, 0.25) is 0 Å². The lowest BCUT2D eigenvalue weighted by Crippen LogP contribution is -2.04. The summed E-state index contributed by atoms with van der Waals surface area (Å²) in [5, 5.41) is 18.0. The van der Waals surface area contributed by atoms with Crippen LogP contribution in [-0.2, 0) is 12.7 Å². The molecule has 0 saturated carbocycles. The van der Waals surface area contributed by atoms with Crippen molar-refractivity contribution < 1.29 is 22.3 Å². The molecular formula is C26H19F3N6O2S. The Morgan fingerprint density at radius 1 is 1.08 bits per heavy atom. The first kappa shape index (κ1) is 25.2. The maximum absolute atomic E-state index is 13.1. The third-order valence-electron chi connectivity index (χ3n) is 5.68. The molecule has 0 saturated heterocycles. The van der Waals surface area contributed by atoms with E-state index < -0.39 is 11.7 Å². The van der Waals surface area contributed by atoms with Gasteiger partial charge in [0.05, 0.1) is 24.9 Å². The van der Waals surface area contributed by atoms with Gasteiger partial charge in [0, 0.05) is 11.1 Å². The SMILES string of the molecule is COc1ccc(-c2c(C#N)c(SC)nc3nc(NCc4ccc(-c5cccc(C(F)(F)F)c5)o4)nn23)cc1. The van der Waals surface area contributed by atoms with Gasteiger partial charge in [-0.2, -0.15) is 27.9 Å². The molecule has 0 bridgehead atoms. The molecular weight excluding hydrogens is 517 g/mol. The normalized spacial score (nSPS) is 11.5. The Bertz CT molecular complexity index is 1650. The van der Waals surface area contributed by atoms with Gasteiger partial charge in [0.15, 0.2) is 0 Å². The number of halogens is 3. The number of alkyl halides is 3. The van der Waals surface area contributed by atoms with E-state index in [4.69, 9.17) is 9.15 Å². The largest absolute Gasteiger partial charge is 0.497 e. The number of benzene rings is 2. The van der Waals surface area contributed by atoms with Crippen LogP contribution in [0, 0.1) is 11.3 Å². The standard InChI is InChI=1S/C26H19F3N6O2S/c1-36-18-8-6-15(7-9-18)22-20(13-30)23(38-2)32-25-33-24(34-35(22)25)31-14-19-10-11-21(37-19)16-4-3-5-17(12-16)26(27,28)29/h3-12H,14H2,1-2H3,(H,31,34). The molecule has 8 nitrogen and oxygen atoms in total. The fraction of sp³-hybridized carbons (Fsp3) is 0.154. The van der Waals surface area contributed by atoms with Crippen molar-refractivity contribution in [2.75, 3.05) is 18.7 Å². The van der Waals surface area contributed by atoms with Crippen molar-refractivity contribution in [3.05, 3.63) is 77.6 Å². The van der Waals surface area contributed by atoms with Crippen LogP contribution in [0.5, 0.6) is 5.75 Å². The number of fused-ring (bicyclic) bond motifs is 1. The van der Waals surface area contributed by atoms with Crippen molar-refractivity contribution in [3.63, 3.8) is 0 Å². The Hall–Kier alpha value is -4.50. The highest BCUT2D eigenvalue weighted by molar-refractivity contribution is 7.98. The number of nitrogens with zero attached hydrogens (tertiary/aromatic N) is 5. The number of rotatable bonds is 7. The number of thioether (sulfide) groups is 1. The molecule has 2 aromatic carbocycles. The van der Waals surface area contributed by atoms with Crippen molar-refractivity contribution in [1.82, 2.24) is 19.6 Å². The van der Waals surface area contributed by atoms with Crippen LogP contribution in [-0.4, -0.2) is 32.9 Å². The zero-order valence-corrected chi connectivity index (χ0v) is 20.9. The molecule has 1 N–H and O–H groups in total. The van der Waals surface area contributed by atoms with Crippen LogP contribution in [0.15, 0.2) is 70.1 Å². The Morgan fingerprint density at radius 2 is 1.87 bits per heavy atom. The van der Waals surface area contributed by atoms with E-state index >= 15 is 0 Å². The van der Waals surface area contributed by atoms with Gasteiger partial charge in [0.1, 0.15) is 33.9 Å². The van der Waals surface area contributed by atoms with Crippen molar-refractivity contribution in [2.45, 2.75) is 17.7 Å². The van der Waals surface area contributed by atoms with Crippen LogP contribution >= 0.6 is 11.8 Å². The van der Waals surface area contributed by atoms with E-state index in [2.05, 4.69) is 26.5 Å². The molecule has 0 fully saturated rings. The molecule has 0 aliphatic heterocycles. The number of nitrogens with one attached hydrogen (secondary N) is 1. The molecule has 5 rings (SSSR count). The lowest BCUT2D eigenvalue weighted by Gasteiger charge is -2.10. The van der Waals surface area contributed by atoms with Crippen molar-refractivity contribution >= 4 is 23.5 Å². The topological polar surface area (TPSA) is 101 Å². The van der Waals surface area contributed by atoms with Crippen LogP contribution in [0.1, 0.15) is 16.9 Å². The number of nitriles is 1. The Balaban J connectivity index is 1.44. The minimum atomic E-state index is -4.44. The van der Waals surface area contributed by atoms with Gasteiger partial charge in [-0.05, 0) is 54.8 Å². The fourth-order valence-corrected chi connectivity index (χ4v) is 4.38. The summed E-state index contributed by atoms with van der Waals surface area (Å²) in [4.78, 5) is 8.93. The van der Waals surface area contributed by atoms with Gasteiger partial charge in [-0.1, -0.05) is 12.1 Å². The number of hydrogen-bond donors (Lipinski definition) is 1. The monoisotopic (exact) mass is 536 g/mol. The highest BCUT2D eigenvalue weighted by Crippen LogP contribution is 2.33. The van der Waals surface area contributed by atoms with Gasteiger partial charge < -0.3 is 14.5 Å². The lowest BCUT2D eigenvalue weighted by molar-refractivity contribution is -0.137. The van der Waals surface area contributed by atoms with E-state index in [1.165, 1.54) is 22.3 Å². The molecule has 5 aromatic rings. The molecule has 0 unspecified atom stereocenters. The Labute approximate surface area is 219 Å². The maximum Gasteiger partial charge on any atom is 0.416 e. The summed E-state index contributed by atoms with van der Waals surface area (Å²) in [7, 11) is 1.57. The van der Waals surface area contributed by atoms with E-state index in [1.807, 2.05) is 18.4 Å². The second-order valence-corrected chi connectivity index (χ2v) is 8.83. The molecule has 0 amide bonds. The number of furan rings is 1. The van der Waals surface area contributed by atoms with Crippen LogP contribution in [0.25, 0.3) is 28.4 Å². The number of methoxy groups -OCH3 is 1. The molecule has 192 valence electrons. The van der Waals surface area contributed by atoms with E-state index in [-0.39, 0.29) is 12.5 Å². The molecule has 0 radical (unpaired) electrons. The second kappa shape index (κ2) is 10.1. The number of ether oxygens (including phenoxy) is 1. The van der Waals surface area contributed by atoms with Crippen LogP contribution < -0.4 is 10.1 Å². The summed E-state index contributed by atoms with van der Waals surface area (Å²) in [6.45, 7) is 0.175. The fourth-order valence-electron chi connectivity index (χ4n) is 3.86. The first-order valence-corrected chi connectivity index (χ1v) is 12.4. The summed E-state index contributed by atoms with van der Waals surface area (Å²) in [5.41, 5.74) is 1.21. The number of hydrogen-bond acceptors (Lipinski definition) is 8. The van der Waals surface area contributed by atoms with Gasteiger partial charge in [-0.15, -0.1) is 16.9 Å². The van der Waals surface area contributed by atoms with Gasteiger partial charge >= 0.3 is 6.18 Å². The molecule has 0 atom stereocenters. The smallest absolute Gasteiger partial charge is 0.416 e. The van der Waals surface area contributed by atoms with Crippen LogP contribution in [0.4, 0.5) is 19.1 Å². The predicted octanol–water partition coefficient (Wildman–Crippen LogP) is 6.28. The molecule has 3 heterocycles. The quantitative estimate of drug-likeness (QED) is 0.191. The molecule has 3 aromatic heterocycles. The summed E-state index contributed by atoms with van der Waals surface area (Å²) < 4.78 is 51.7. The highest BCUT2D eigenvalue weighted by atomic mass is 32.2. The van der Waals surface area contributed by atoms with Gasteiger partial charge in [-0.3, -0.25) is 0 Å². The first-order valence-electron chi connectivity index (χ1n) is 11.2. The average Bonchev–Trinajstić information content (AvgIpc) is 3.57. The van der Waals surface area contributed by atoms with Crippen molar-refractivity contribution in [3.8, 4) is 34.4 Å². The zero-order chi connectivity index (χ0) is 26.9. The zero-order valence-electron chi connectivity index (χ0n) is 20.1. The number of aromatic nitrogens is 4. The molecule has 0 aliphatic rings. The predicted molar refractivity (Wildman–Crippen MR) is 136 cm³/mol. The van der Waals surface area contributed by atoms with Gasteiger partial charge in [-0.25, -0.2) is 4.98 Å². The van der Waals surface area contributed by atoms with Gasteiger partial charge in [0.25, 0.3) is 5.78 Å². The third kappa shape index (κ3) is 4.88. The van der Waals surface area contributed by atoms with E-state index in [0.29, 0.717) is 44.9 Å². The van der Waals surface area contributed by atoms with E-state index in [9.17, 15) is 18.4 Å². The van der Waals surface area contributed by atoms with Crippen molar-refractivity contribution in [2.24, 2.45) is 0 Å². The summed E-state index contributed by atoms with van der Waals surface area (Å²) >= 11 is 1.33. The second-order valence-electron chi connectivity index (χ2n) is 8.03. The van der Waals surface area contributed by atoms with Crippen LogP contribution in [0.3, 0.4) is 0 Å². The summed E-state index contributed by atoms with van der Waals surface area (Å²) in [5.74, 6) is 1.99. The minimum Gasteiger partial charge on any atom is -0.497 e. The summed E-state index contributed by atoms with van der Waals surface area (Å²) in [6.07, 6.45) is -2.62. The molecule has 12 heteroatoms. The minimum absolute atomic E-state index is 0.175. The Morgan fingerprint density at radius 3 is 2.55 bits per heavy atom. The van der Waals surface area contributed by atoms with Crippen molar-refractivity contribution in [1.29, 1.82) is 5.26 Å². The van der Waals surface area contributed by atoms with E-state index in [1.54, 1.807) is 37.4 Å². The molecule has 0 spiro atoms. The summed E-state index contributed by atoms with van der Waals surface area (Å²) in [6, 6.07) is 17.7. The highest BCUT2D eigenvalue weighted by Gasteiger charge is 2.30. The lowest BCUT2D eigenvalue weighted by atomic mass is 10.1. The van der Waals surface area contributed by atoms with Gasteiger partial charge in [0.2, 0.25) is 5.95 Å². The number of anilines is 1. The van der Waals surface area contributed by atoms with E-state index in [0.717, 1.165) is 17.7 Å². The molecule has 38 heavy (non-hydrogen) atoms. The Kier molecular flexibility index (Phi) is 6.69. The maximum atomic E-state index is 13.1.